The van der Waals surface area contributed by atoms with Gasteiger partial charge >= 0.3 is 18.7 Å². The van der Waals surface area contributed by atoms with Crippen LogP contribution >= 0.6 is 0 Å². The summed E-state index contributed by atoms with van der Waals surface area (Å²) in [5.74, 6) is -8.58. The molecule has 0 spiro atoms. The van der Waals surface area contributed by atoms with Gasteiger partial charge in [-0.05, 0) is 18.9 Å². The lowest BCUT2D eigenvalue weighted by atomic mass is 10.1. The number of ether oxygens (including phenoxy) is 1. The Hall–Kier alpha value is -4.16. The number of nitrogens with zero attached hydrogens (tertiary/aromatic N) is 6. The topological polar surface area (TPSA) is 91.2 Å². The first-order valence-electron chi connectivity index (χ1n) is 10.0. The minimum absolute atomic E-state index is 0.00962. The summed E-state index contributed by atoms with van der Waals surface area (Å²) in [6.07, 6.45) is -1.11. The van der Waals surface area contributed by atoms with E-state index in [1.165, 1.54) is 12.3 Å². The number of nitrogens with one attached hydrogen (secondary N) is 1. The first-order chi connectivity index (χ1) is 16.8. The summed E-state index contributed by atoms with van der Waals surface area (Å²) in [5.41, 5.74) is -1.70. The Morgan fingerprint density at radius 1 is 1.22 bits per heavy atom. The van der Waals surface area contributed by atoms with Crippen LogP contribution < -0.4 is 10.1 Å². The number of amides is 1. The zero-order chi connectivity index (χ0) is 26.4. The molecule has 0 atom stereocenters. The first kappa shape index (κ1) is 24.9. The number of pyridine rings is 1. The van der Waals surface area contributed by atoms with Crippen molar-refractivity contribution in [2.75, 3.05) is 0 Å². The average molecular weight is 517 g/mol. The molecule has 0 aromatic carbocycles. The predicted molar refractivity (Wildman–Crippen MR) is 107 cm³/mol. The summed E-state index contributed by atoms with van der Waals surface area (Å²) in [5, 5.41) is 9.63. The smallest absolute Gasteiger partial charge is 0.428 e. The van der Waals surface area contributed by atoms with Crippen molar-refractivity contribution in [1.82, 2.24) is 29.9 Å². The first-order valence-corrected chi connectivity index (χ1v) is 10.0. The Morgan fingerprint density at radius 3 is 2.50 bits per heavy atom. The zero-order valence-corrected chi connectivity index (χ0v) is 18.0. The number of aryl methyl sites for hydroxylation is 1. The summed E-state index contributed by atoms with van der Waals surface area (Å²) in [6.45, 7) is 3.46. The Bertz CT molecular complexity index is 1350. The van der Waals surface area contributed by atoms with Gasteiger partial charge in [0.15, 0.2) is 17.3 Å². The zero-order valence-electron chi connectivity index (χ0n) is 18.0. The third-order valence-electron chi connectivity index (χ3n) is 5.10. The number of alkyl halides is 7. The number of aromatic nitrogens is 5. The summed E-state index contributed by atoms with van der Waals surface area (Å²) < 4.78 is 97.9. The van der Waals surface area contributed by atoms with E-state index in [0.29, 0.717) is 9.36 Å². The van der Waals surface area contributed by atoms with Crippen LogP contribution in [0.25, 0.3) is 21.8 Å². The highest BCUT2D eigenvalue weighted by molar-refractivity contribution is 6.00. The lowest BCUT2D eigenvalue weighted by Crippen LogP contribution is -2.34. The van der Waals surface area contributed by atoms with E-state index in [2.05, 4.69) is 30.1 Å². The maximum Gasteiger partial charge on any atom is 0.459 e. The Morgan fingerprint density at radius 2 is 1.92 bits per heavy atom. The molecule has 0 bridgehead atoms. The number of hydrogen-bond donors (Lipinski definition) is 1. The molecule has 1 amide bonds. The molecule has 3 aromatic heterocycles. The number of carbonyl (C=O) groups is 1. The van der Waals surface area contributed by atoms with Gasteiger partial charge in [0.25, 0.3) is 5.82 Å². The van der Waals surface area contributed by atoms with Crippen LogP contribution in [0, 0.1) is 6.57 Å². The van der Waals surface area contributed by atoms with Crippen molar-refractivity contribution in [3.8, 4) is 22.7 Å². The third kappa shape index (κ3) is 4.55. The van der Waals surface area contributed by atoms with E-state index < -0.39 is 41.9 Å². The third-order valence-corrected chi connectivity index (χ3v) is 5.10. The van der Waals surface area contributed by atoms with Gasteiger partial charge in [-0.2, -0.15) is 40.9 Å². The number of halogens is 7. The van der Waals surface area contributed by atoms with E-state index in [4.69, 9.17) is 6.57 Å². The van der Waals surface area contributed by atoms with E-state index in [-0.39, 0.29) is 28.6 Å². The molecule has 0 radical (unpaired) electrons. The van der Waals surface area contributed by atoms with Crippen molar-refractivity contribution in [2.24, 2.45) is 7.05 Å². The average Bonchev–Trinajstić information content (AvgIpc) is 3.36. The molecule has 0 saturated heterocycles. The molecule has 3 aromatic rings. The van der Waals surface area contributed by atoms with Crippen LogP contribution in [0.2, 0.25) is 0 Å². The maximum atomic E-state index is 14.0. The van der Waals surface area contributed by atoms with E-state index >= 15 is 0 Å². The minimum atomic E-state index is -6.14. The maximum absolute atomic E-state index is 14.0. The van der Waals surface area contributed by atoms with E-state index in [1.807, 2.05) is 0 Å². The lowest BCUT2D eigenvalue weighted by molar-refractivity contribution is -0.291. The fourth-order valence-electron chi connectivity index (χ4n) is 3.24. The molecule has 1 saturated carbocycles. The van der Waals surface area contributed by atoms with Crippen molar-refractivity contribution in [1.29, 1.82) is 0 Å². The second-order valence-corrected chi connectivity index (χ2v) is 7.70. The molecule has 1 aliphatic rings. The molecular formula is C20H14F7N7O2. The molecule has 0 unspecified atom stereocenters. The largest absolute Gasteiger partial charge is 0.459 e. The lowest BCUT2D eigenvalue weighted by Gasteiger charge is -2.18. The van der Waals surface area contributed by atoms with Crippen LogP contribution in [-0.4, -0.2) is 49.3 Å². The van der Waals surface area contributed by atoms with Gasteiger partial charge in [0.05, 0.1) is 11.8 Å². The molecular weight excluding hydrogens is 503 g/mol. The molecule has 1 N–H and O–H groups in total. The second kappa shape index (κ2) is 8.81. The molecule has 4 rings (SSSR count). The second-order valence-electron chi connectivity index (χ2n) is 7.70. The van der Waals surface area contributed by atoms with E-state index in [9.17, 15) is 35.5 Å². The van der Waals surface area contributed by atoms with Crippen LogP contribution in [-0.2, 0) is 13.0 Å². The summed E-state index contributed by atoms with van der Waals surface area (Å²) in [4.78, 5) is 19.6. The van der Waals surface area contributed by atoms with Crippen molar-refractivity contribution >= 4 is 11.7 Å². The van der Waals surface area contributed by atoms with Crippen LogP contribution in [0.4, 0.5) is 36.6 Å². The standard InChI is InChI=1S/C20H14F7N7O2/c1-28-15-12(16(35)31-11-3-4-11)5-9(6-29-15)10-7-30-34(8-10)17-13(36-18(21)22)14(32-33(17)2)19(23,24)20(25,26)27/h5-8,11,18H,3-4H2,2H3,(H,31,35). The van der Waals surface area contributed by atoms with Gasteiger partial charge in [0.1, 0.15) is 6.20 Å². The highest BCUT2D eigenvalue weighted by Gasteiger charge is 2.62. The van der Waals surface area contributed by atoms with Crippen molar-refractivity contribution in [3.63, 3.8) is 0 Å². The summed E-state index contributed by atoms with van der Waals surface area (Å²) in [7, 11) is 0.942. The van der Waals surface area contributed by atoms with Gasteiger partial charge in [-0.1, -0.05) is 6.57 Å². The van der Waals surface area contributed by atoms with Gasteiger partial charge in [-0.15, -0.1) is 4.98 Å². The number of carbonyl (C=O) groups excluding carboxylic acids is 1. The van der Waals surface area contributed by atoms with E-state index in [0.717, 1.165) is 32.3 Å². The van der Waals surface area contributed by atoms with Crippen molar-refractivity contribution < 1.29 is 40.3 Å². The highest BCUT2D eigenvalue weighted by atomic mass is 19.4. The molecule has 190 valence electrons. The van der Waals surface area contributed by atoms with Crippen LogP contribution in [0.5, 0.6) is 5.75 Å². The van der Waals surface area contributed by atoms with Crippen molar-refractivity contribution in [2.45, 2.75) is 37.6 Å². The Labute approximate surface area is 197 Å². The number of rotatable bonds is 7. The Balaban J connectivity index is 1.77. The van der Waals surface area contributed by atoms with Gasteiger partial charge < -0.3 is 14.9 Å². The van der Waals surface area contributed by atoms with Gasteiger partial charge in [-0.25, -0.2) is 9.36 Å². The molecule has 1 aliphatic carbocycles. The minimum Gasteiger partial charge on any atom is -0.428 e. The molecule has 1 fully saturated rings. The van der Waals surface area contributed by atoms with E-state index in [1.54, 1.807) is 0 Å². The quantitative estimate of drug-likeness (QED) is 0.372. The predicted octanol–water partition coefficient (Wildman–Crippen LogP) is 4.37. The Kier molecular flexibility index (Phi) is 6.10. The molecule has 36 heavy (non-hydrogen) atoms. The monoisotopic (exact) mass is 517 g/mol. The van der Waals surface area contributed by atoms with Crippen LogP contribution in [0.1, 0.15) is 28.9 Å². The van der Waals surface area contributed by atoms with Gasteiger partial charge in [0.2, 0.25) is 5.91 Å². The molecule has 9 nitrogen and oxygen atoms in total. The van der Waals surface area contributed by atoms with Crippen molar-refractivity contribution in [3.05, 3.63) is 47.3 Å². The number of hydrogen-bond acceptors (Lipinski definition) is 5. The summed E-state index contributed by atoms with van der Waals surface area (Å²) >= 11 is 0. The highest BCUT2D eigenvalue weighted by Crippen LogP contribution is 2.48. The van der Waals surface area contributed by atoms with Gasteiger partial charge in [0, 0.05) is 30.4 Å². The summed E-state index contributed by atoms with van der Waals surface area (Å²) in [6, 6.07) is 1.31. The molecule has 0 aliphatic heterocycles. The normalized spacial score (nSPS) is 14.1. The molecule has 3 heterocycles. The van der Waals surface area contributed by atoms with Gasteiger partial charge in [-0.3, -0.25) is 4.79 Å². The SMILES string of the molecule is [C-]#[N+]c1ncc(-c2cnn(-c3c(OC(F)F)c(C(F)(F)C(F)(F)F)nn3C)c2)cc1C(=O)NC1CC1. The molecule has 16 heteroatoms. The van der Waals surface area contributed by atoms with Crippen LogP contribution in [0.3, 0.4) is 0 Å². The fraction of sp³-hybridized carbons (Fsp3) is 0.350. The van der Waals surface area contributed by atoms with Crippen LogP contribution in [0.15, 0.2) is 24.7 Å². The fourth-order valence-corrected chi connectivity index (χ4v) is 3.24.